The molecule has 3 nitrogen and oxygen atoms in total. The molecule has 1 aliphatic rings. The summed E-state index contributed by atoms with van der Waals surface area (Å²) in [6.07, 6.45) is 0. The molecular weight excluding hydrogens is 341 g/mol. The van der Waals surface area contributed by atoms with Crippen LogP contribution in [0.2, 0.25) is 0 Å². The monoisotopic (exact) mass is 359 g/mol. The topological polar surface area (TPSA) is 40.5 Å². The van der Waals surface area contributed by atoms with Crippen molar-refractivity contribution in [2.24, 2.45) is 0 Å². The van der Waals surface area contributed by atoms with Crippen LogP contribution in [-0.4, -0.2) is 15.9 Å². The van der Waals surface area contributed by atoms with E-state index in [1.807, 2.05) is 60.7 Å². The van der Waals surface area contributed by atoms with Crippen LogP contribution in [0, 0.1) is 5.82 Å². The first-order valence-electron chi connectivity index (χ1n) is 8.74. The highest BCUT2D eigenvalue weighted by Crippen LogP contribution is 2.44. The number of hydrogen-bond donors (Lipinski definition) is 1. The van der Waals surface area contributed by atoms with Crippen LogP contribution in [0.5, 0.6) is 0 Å². The summed E-state index contributed by atoms with van der Waals surface area (Å²) >= 11 is 0. The van der Waals surface area contributed by atoms with Crippen LogP contribution in [-0.2, 0) is 11.3 Å². The van der Waals surface area contributed by atoms with Crippen molar-refractivity contribution in [1.82, 2.24) is 4.90 Å². The maximum atomic E-state index is 14.7. The van der Waals surface area contributed by atoms with Crippen LogP contribution < -0.4 is 0 Å². The van der Waals surface area contributed by atoms with Gasteiger partial charge in [0.2, 0.25) is 0 Å². The van der Waals surface area contributed by atoms with Crippen molar-refractivity contribution in [3.8, 4) is 0 Å². The minimum absolute atomic E-state index is 0.277. The number of hydrogen-bond acceptors (Lipinski definition) is 2. The zero-order valence-corrected chi connectivity index (χ0v) is 14.5. The Labute approximate surface area is 157 Å². The molecule has 0 saturated carbocycles. The number of nitrogens with zero attached hydrogens (tertiary/aromatic N) is 1. The van der Waals surface area contributed by atoms with E-state index in [0.29, 0.717) is 16.7 Å². The normalized spacial score (nSPS) is 16.9. The zero-order valence-electron chi connectivity index (χ0n) is 14.5. The maximum Gasteiger partial charge on any atom is 0.290 e. The number of benzene rings is 3. The average molecular weight is 359 g/mol. The Morgan fingerprint density at radius 3 is 2.11 bits per heavy atom. The summed E-state index contributed by atoms with van der Waals surface area (Å²) < 4.78 is 14.7. The van der Waals surface area contributed by atoms with E-state index in [-0.39, 0.29) is 12.3 Å². The van der Waals surface area contributed by atoms with Gasteiger partial charge in [-0.3, -0.25) is 4.79 Å². The third kappa shape index (κ3) is 3.10. The molecule has 4 heteroatoms. The molecule has 4 rings (SSSR count). The lowest BCUT2D eigenvalue weighted by atomic mass is 9.93. The third-order valence-electron chi connectivity index (χ3n) is 4.78. The number of carbonyl (C=O) groups excluding carboxylic acids is 1. The molecule has 3 aromatic carbocycles. The number of halogens is 1. The van der Waals surface area contributed by atoms with Gasteiger partial charge >= 0.3 is 0 Å². The number of rotatable bonds is 4. The van der Waals surface area contributed by atoms with Gasteiger partial charge in [0.05, 0.1) is 6.04 Å². The van der Waals surface area contributed by atoms with Gasteiger partial charge in [0.25, 0.3) is 5.91 Å². The molecule has 27 heavy (non-hydrogen) atoms. The number of amides is 1. The molecule has 1 aliphatic heterocycles. The minimum Gasteiger partial charge on any atom is -0.503 e. The van der Waals surface area contributed by atoms with Crippen LogP contribution in [0.15, 0.2) is 90.7 Å². The average Bonchev–Trinajstić information content (AvgIpc) is 2.95. The fourth-order valence-corrected chi connectivity index (χ4v) is 3.53. The summed E-state index contributed by atoms with van der Waals surface area (Å²) in [6, 6.07) is 24.3. The van der Waals surface area contributed by atoms with Gasteiger partial charge in [-0.05, 0) is 17.2 Å². The van der Waals surface area contributed by atoms with Gasteiger partial charge in [0.15, 0.2) is 5.76 Å². The van der Waals surface area contributed by atoms with Crippen LogP contribution in [0.4, 0.5) is 4.39 Å². The minimum atomic E-state index is -0.693. The lowest BCUT2D eigenvalue weighted by Gasteiger charge is -2.27. The number of carbonyl (C=O) groups is 1. The first-order valence-corrected chi connectivity index (χ1v) is 8.74. The fraction of sp³-hybridized carbons (Fsp3) is 0.0870. The molecule has 0 bridgehead atoms. The highest BCUT2D eigenvalue weighted by molar-refractivity contribution is 6.05. The van der Waals surface area contributed by atoms with Gasteiger partial charge < -0.3 is 10.0 Å². The summed E-state index contributed by atoms with van der Waals surface area (Å²) in [5, 5.41) is 10.6. The second-order valence-corrected chi connectivity index (χ2v) is 6.47. The van der Waals surface area contributed by atoms with Gasteiger partial charge in [0.1, 0.15) is 5.82 Å². The van der Waals surface area contributed by atoms with E-state index in [9.17, 15) is 14.3 Å². The van der Waals surface area contributed by atoms with Crippen molar-refractivity contribution < 1.29 is 14.3 Å². The molecule has 1 amide bonds. The molecule has 0 aromatic heterocycles. The fourth-order valence-electron chi connectivity index (χ4n) is 3.53. The highest BCUT2D eigenvalue weighted by atomic mass is 19.1. The van der Waals surface area contributed by atoms with Crippen molar-refractivity contribution in [2.75, 3.05) is 0 Å². The first-order chi connectivity index (χ1) is 13.2. The molecule has 0 unspecified atom stereocenters. The molecular formula is C23H18FNO2. The van der Waals surface area contributed by atoms with Crippen LogP contribution in [0.25, 0.3) is 5.57 Å². The Morgan fingerprint density at radius 2 is 1.44 bits per heavy atom. The summed E-state index contributed by atoms with van der Waals surface area (Å²) in [7, 11) is 0. The van der Waals surface area contributed by atoms with Crippen molar-refractivity contribution >= 4 is 11.5 Å². The van der Waals surface area contributed by atoms with Crippen LogP contribution in [0.3, 0.4) is 0 Å². The predicted octanol–water partition coefficient (Wildman–Crippen LogP) is 4.88. The van der Waals surface area contributed by atoms with E-state index in [1.165, 1.54) is 11.0 Å². The predicted molar refractivity (Wildman–Crippen MR) is 102 cm³/mol. The van der Waals surface area contributed by atoms with E-state index in [4.69, 9.17) is 0 Å². The standard InChI is InChI=1S/C23H18FNO2/c24-19-14-8-7-13-18(19)21-20(17-11-5-2-6-12-17)22(26)23(27)25(21)15-16-9-3-1-4-10-16/h1-14,21,26H,15H2/t21-/m1/s1. The second kappa shape index (κ2) is 7.08. The molecule has 1 atom stereocenters. The van der Waals surface area contributed by atoms with Crippen LogP contribution in [0.1, 0.15) is 22.7 Å². The molecule has 0 spiro atoms. The molecule has 0 aliphatic carbocycles. The molecule has 0 radical (unpaired) electrons. The Hall–Kier alpha value is -3.40. The van der Waals surface area contributed by atoms with E-state index < -0.39 is 17.8 Å². The molecule has 134 valence electrons. The van der Waals surface area contributed by atoms with Crippen LogP contribution >= 0.6 is 0 Å². The Bertz CT molecular complexity index is 999. The van der Waals surface area contributed by atoms with Gasteiger partial charge in [-0.15, -0.1) is 0 Å². The van der Waals surface area contributed by atoms with Crippen molar-refractivity contribution in [1.29, 1.82) is 0 Å². The summed E-state index contributed by atoms with van der Waals surface area (Å²) in [6.45, 7) is 0.277. The van der Waals surface area contributed by atoms with E-state index in [0.717, 1.165) is 5.56 Å². The van der Waals surface area contributed by atoms with Gasteiger partial charge in [-0.2, -0.15) is 0 Å². The van der Waals surface area contributed by atoms with Crippen molar-refractivity contribution in [3.63, 3.8) is 0 Å². The van der Waals surface area contributed by atoms with E-state index in [2.05, 4.69) is 0 Å². The number of aliphatic hydroxyl groups excluding tert-OH is 1. The smallest absolute Gasteiger partial charge is 0.290 e. The Morgan fingerprint density at radius 1 is 0.852 bits per heavy atom. The zero-order chi connectivity index (χ0) is 18.8. The third-order valence-corrected chi connectivity index (χ3v) is 4.78. The first kappa shape index (κ1) is 17.0. The molecule has 1 heterocycles. The molecule has 3 aromatic rings. The lowest BCUT2D eigenvalue weighted by Crippen LogP contribution is -2.30. The quantitative estimate of drug-likeness (QED) is 0.721. The SMILES string of the molecule is O=C1C(O)=C(c2ccccc2)[C@@H](c2ccccc2F)N1Cc1ccccc1. The van der Waals surface area contributed by atoms with Crippen molar-refractivity contribution in [2.45, 2.75) is 12.6 Å². The Kier molecular flexibility index (Phi) is 4.47. The van der Waals surface area contributed by atoms with Crippen molar-refractivity contribution in [3.05, 3.63) is 113 Å². The van der Waals surface area contributed by atoms with Gasteiger partial charge in [0, 0.05) is 17.7 Å². The second-order valence-electron chi connectivity index (χ2n) is 6.47. The van der Waals surface area contributed by atoms with E-state index >= 15 is 0 Å². The van der Waals surface area contributed by atoms with E-state index in [1.54, 1.807) is 18.2 Å². The molecule has 0 fully saturated rings. The highest BCUT2D eigenvalue weighted by Gasteiger charge is 2.41. The Balaban J connectivity index is 1.85. The number of aliphatic hydroxyl groups is 1. The molecule has 0 saturated heterocycles. The molecule has 1 N–H and O–H groups in total. The lowest BCUT2D eigenvalue weighted by molar-refractivity contribution is -0.130. The van der Waals surface area contributed by atoms with Gasteiger partial charge in [-0.25, -0.2) is 4.39 Å². The van der Waals surface area contributed by atoms with Gasteiger partial charge in [-0.1, -0.05) is 78.9 Å². The summed E-state index contributed by atoms with van der Waals surface area (Å²) in [5.41, 5.74) is 2.41. The summed E-state index contributed by atoms with van der Waals surface area (Å²) in [5.74, 6) is -1.23. The maximum absolute atomic E-state index is 14.7. The summed E-state index contributed by atoms with van der Waals surface area (Å²) in [4.78, 5) is 14.4. The largest absolute Gasteiger partial charge is 0.503 e.